The van der Waals surface area contributed by atoms with Gasteiger partial charge in [0.25, 0.3) is 15.9 Å². The van der Waals surface area contributed by atoms with Crippen molar-refractivity contribution >= 4 is 44.5 Å². The molecule has 27 heavy (non-hydrogen) atoms. The van der Waals surface area contributed by atoms with Gasteiger partial charge in [0.05, 0.1) is 9.80 Å². The number of amides is 1. The maximum absolute atomic E-state index is 12.9. The van der Waals surface area contributed by atoms with Crippen LogP contribution in [-0.4, -0.2) is 49.4 Å². The zero-order valence-electron chi connectivity index (χ0n) is 15.3. The van der Waals surface area contributed by atoms with Gasteiger partial charge in [-0.3, -0.25) is 9.69 Å². The van der Waals surface area contributed by atoms with Crippen LogP contribution >= 0.6 is 23.4 Å². The molecule has 0 atom stereocenters. The number of carbonyl (C=O) groups is 1. The number of thioether (sulfide) groups is 1. The van der Waals surface area contributed by atoms with Gasteiger partial charge in [-0.2, -0.15) is 8.42 Å². The molecule has 0 radical (unpaired) electrons. The fourth-order valence-corrected chi connectivity index (χ4v) is 5.62. The first-order valence-corrected chi connectivity index (χ1v) is 11.4. The minimum atomic E-state index is -3.93. The number of hydrogen-bond donors (Lipinski definition) is 0. The summed E-state index contributed by atoms with van der Waals surface area (Å²) in [6.07, 6.45) is 6.64. The van der Waals surface area contributed by atoms with Gasteiger partial charge in [0.1, 0.15) is 0 Å². The van der Waals surface area contributed by atoms with Crippen molar-refractivity contribution in [2.24, 2.45) is 4.40 Å². The molecule has 3 rings (SSSR count). The van der Waals surface area contributed by atoms with Gasteiger partial charge in [-0.1, -0.05) is 30.9 Å². The van der Waals surface area contributed by atoms with E-state index in [1.54, 1.807) is 16.0 Å². The fraction of sp³-hybridized carbons (Fsp3) is 0.444. The van der Waals surface area contributed by atoms with Crippen LogP contribution in [0.25, 0.3) is 0 Å². The molecule has 1 aliphatic heterocycles. The summed E-state index contributed by atoms with van der Waals surface area (Å²) in [6.45, 7) is 0. The van der Waals surface area contributed by atoms with E-state index in [-0.39, 0.29) is 22.0 Å². The molecule has 1 heterocycles. The fourth-order valence-electron chi connectivity index (χ4n) is 3.20. The summed E-state index contributed by atoms with van der Waals surface area (Å²) in [4.78, 5) is 16.8. The lowest BCUT2D eigenvalue weighted by atomic mass is 9.94. The van der Waals surface area contributed by atoms with Crippen LogP contribution in [0, 0.1) is 0 Å². The average Bonchev–Trinajstić information content (AvgIpc) is 2.90. The van der Waals surface area contributed by atoms with E-state index in [1.165, 1.54) is 24.3 Å². The van der Waals surface area contributed by atoms with Gasteiger partial charge in [-0.05, 0) is 48.9 Å². The average molecular weight is 428 g/mol. The molecule has 9 heteroatoms. The Bertz CT molecular complexity index is 874. The molecule has 1 aromatic rings. The molecule has 146 valence electrons. The highest BCUT2D eigenvalue weighted by molar-refractivity contribution is 8.19. The number of halogens is 1. The largest absolute Gasteiger partial charge is 0.382 e. The summed E-state index contributed by atoms with van der Waals surface area (Å²) in [5.41, 5.74) is 0. The van der Waals surface area contributed by atoms with E-state index >= 15 is 0 Å². The van der Waals surface area contributed by atoms with Crippen molar-refractivity contribution in [3.63, 3.8) is 0 Å². The number of hydrogen-bond acceptors (Lipinski definition) is 5. The molecule has 1 aromatic carbocycles. The van der Waals surface area contributed by atoms with Gasteiger partial charge in [0, 0.05) is 31.4 Å². The second kappa shape index (κ2) is 8.24. The van der Waals surface area contributed by atoms with Crippen LogP contribution in [0.1, 0.15) is 32.1 Å². The first-order chi connectivity index (χ1) is 12.8. The van der Waals surface area contributed by atoms with Gasteiger partial charge in [0.15, 0.2) is 5.17 Å². The molecular weight excluding hydrogens is 406 g/mol. The van der Waals surface area contributed by atoms with E-state index in [4.69, 9.17) is 11.6 Å². The first kappa shape index (κ1) is 20.2. The van der Waals surface area contributed by atoms with Crippen LogP contribution in [0.15, 0.2) is 44.7 Å². The zero-order valence-corrected chi connectivity index (χ0v) is 17.6. The lowest BCUT2D eigenvalue weighted by Gasteiger charge is -2.30. The molecule has 0 aromatic heterocycles. The molecular formula is C18H22ClN3O3S2. The maximum Gasteiger partial charge on any atom is 0.284 e. The number of carbonyl (C=O) groups excluding carboxylic acids is 1. The third-order valence-electron chi connectivity index (χ3n) is 4.46. The molecule has 1 saturated heterocycles. The van der Waals surface area contributed by atoms with Gasteiger partial charge in [-0.15, -0.1) is 4.40 Å². The van der Waals surface area contributed by atoms with Crippen LogP contribution in [0.4, 0.5) is 0 Å². The number of nitrogens with zero attached hydrogens (tertiary/aromatic N) is 3. The maximum atomic E-state index is 12.9. The first-order valence-electron chi connectivity index (χ1n) is 8.78. The quantitative estimate of drug-likeness (QED) is 0.685. The van der Waals surface area contributed by atoms with Crippen molar-refractivity contribution < 1.29 is 13.2 Å². The Morgan fingerprint density at radius 3 is 2.41 bits per heavy atom. The van der Waals surface area contributed by atoms with Gasteiger partial charge in [-0.25, -0.2) is 0 Å². The molecule has 0 spiro atoms. The monoisotopic (exact) mass is 427 g/mol. The smallest absolute Gasteiger partial charge is 0.284 e. The summed E-state index contributed by atoms with van der Waals surface area (Å²) >= 11 is 6.96. The van der Waals surface area contributed by atoms with E-state index in [0.29, 0.717) is 9.93 Å². The van der Waals surface area contributed by atoms with E-state index in [1.807, 2.05) is 14.1 Å². The van der Waals surface area contributed by atoms with Crippen LogP contribution in [0.5, 0.6) is 0 Å². The highest BCUT2D eigenvalue weighted by Gasteiger charge is 2.40. The van der Waals surface area contributed by atoms with Crippen LogP contribution in [0.3, 0.4) is 0 Å². The third kappa shape index (κ3) is 4.67. The van der Waals surface area contributed by atoms with Crippen LogP contribution < -0.4 is 0 Å². The molecule has 1 amide bonds. The SMILES string of the molecule is CN(C)/C=C1\SC(=NS(=O)(=O)c2ccc(Cl)cc2)N(C2CCCCC2)C1=O. The predicted molar refractivity (Wildman–Crippen MR) is 109 cm³/mol. The second-order valence-corrected chi connectivity index (χ2v) is 9.88. The Morgan fingerprint density at radius 1 is 1.19 bits per heavy atom. The summed E-state index contributed by atoms with van der Waals surface area (Å²) in [6, 6.07) is 5.86. The molecule has 2 fully saturated rings. The predicted octanol–water partition coefficient (Wildman–Crippen LogP) is 3.70. The number of amidine groups is 1. The summed E-state index contributed by atoms with van der Waals surface area (Å²) < 4.78 is 29.5. The Balaban J connectivity index is 1.99. The van der Waals surface area contributed by atoms with E-state index in [0.717, 1.165) is 43.9 Å². The third-order valence-corrected chi connectivity index (χ3v) is 7.08. The number of benzene rings is 1. The molecule has 0 bridgehead atoms. The Morgan fingerprint density at radius 2 is 1.81 bits per heavy atom. The highest BCUT2D eigenvalue weighted by atomic mass is 35.5. The highest BCUT2D eigenvalue weighted by Crippen LogP contribution is 2.37. The standard InChI is InChI=1S/C18H22ClN3O3S2/c1-21(2)12-16-17(23)22(14-6-4-3-5-7-14)18(26-16)20-27(24,25)15-10-8-13(19)9-11-15/h8-12,14H,3-7H2,1-2H3/b16-12-,20-18?. The lowest BCUT2D eigenvalue weighted by Crippen LogP contribution is -2.40. The van der Waals surface area contributed by atoms with Crippen molar-refractivity contribution in [2.75, 3.05) is 14.1 Å². The summed E-state index contributed by atoms with van der Waals surface area (Å²) in [7, 11) is -0.284. The Kier molecular flexibility index (Phi) is 6.18. The molecule has 1 aliphatic carbocycles. The number of sulfonamides is 1. The van der Waals surface area contributed by atoms with Gasteiger partial charge < -0.3 is 4.90 Å². The van der Waals surface area contributed by atoms with Crippen LogP contribution in [0.2, 0.25) is 5.02 Å². The molecule has 1 saturated carbocycles. The topological polar surface area (TPSA) is 70.1 Å². The zero-order chi connectivity index (χ0) is 19.6. The van der Waals surface area contributed by atoms with Crippen molar-refractivity contribution in [3.05, 3.63) is 40.4 Å². The van der Waals surface area contributed by atoms with Crippen molar-refractivity contribution in [2.45, 2.75) is 43.0 Å². The lowest BCUT2D eigenvalue weighted by molar-refractivity contribution is -0.124. The van der Waals surface area contributed by atoms with Crippen molar-refractivity contribution in [3.8, 4) is 0 Å². The van der Waals surface area contributed by atoms with E-state index < -0.39 is 10.0 Å². The van der Waals surface area contributed by atoms with Gasteiger partial charge >= 0.3 is 0 Å². The van der Waals surface area contributed by atoms with Crippen molar-refractivity contribution in [1.82, 2.24) is 9.80 Å². The van der Waals surface area contributed by atoms with Gasteiger partial charge in [0.2, 0.25) is 0 Å². The van der Waals surface area contributed by atoms with E-state index in [9.17, 15) is 13.2 Å². The summed E-state index contributed by atoms with van der Waals surface area (Å²) in [5, 5.41) is 0.682. The Hall–Kier alpha value is -1.51. The molecule has 6 nitrogen and oxygen atoms in total. The minimum Gasteiger partial charge on any atom is -0.382 e. The molecule has 0 N–H and O–H groups in total. The van der Waals surface area contributed by atoms with Crippen molar-refractivity contribution in [1.29, 1.82) is 0 Å². The van der Waals surface area contributed by atoms with E-state index in [2.05, 4.69) is 4.40 Å². The number of rotatable bonds is 4. The molecule has 2 aliphatic rings. The summed E-state index contributed by atoms with van der Waals surface area (Å²) in [5.74, 6) is -0.175. The minimum absolute atomic E-state index is 0.00835. The normalized spacial score (nSPS) is 22.0. The van der Waals surface area contributed by atoms with Crippen LogP contribution in [-0.2, 0) is 14.8 Å². The molecule has 0 unspecified atom stereocenters. The second-order valence-electron chi connectivity index (χ2n) is 6.83. The Labute approximate surface area is 169 Å².